The van der Waals surface area contributed by atoms with Gasteiger partial charge in [0.1, 0.15) is 0 Å². The fourth-order valence-corrected chi connectivity index (χ4v) is 1.84. The molecule has 18 heavy (non-hydrogen) atoms. The maximum absolute atomic E-state index is 11.7. The SMILES string of the molecule is CCCC(N)C(=O)NCC(C)c1ccc(C)cc1. The summed E-state index contributed by atoms with van der Waals surface area (Å²) in [5.74, 6) is 0.263. The molecule has 1 rings (SSSR count). The normalized spacial score (nSPS) is 14.0. The molecule has 100 valence electrons. The summed E-state index contributed by atoms with van der Waals surface area (Å²) in [5, 5.41) is 2.92. The average molecular weight is 248 g/mol. The number of nitrogens with one attached hydrogen (secondary N) is 1. The maximum Gasteiger partial charge on any atom is 0.236 e. The van der Waals surface area contributed by atoms with Crippen LogP contribution in [0, 0.1) is 6.92 Å². The number of nitrogens with two attached hydrogens (primary N) is 1. The highest BCUT2D eigenvalue weighted by Gasteiger charge is 2.13. The average Bonchev–Trinajstić information content (AvgIpc) is 2.36. The zero-order valence-electron chi connectivity index (χ0n) is 11.6. The molecule has 0 heterocycles. The number of hydrogen-bond acceptors (Lipinski definition) is 2. The Hall–Kier alpha value is -1.35. The Morgan fingerprint density at radius 3 is 2.50 bits per heavy atom. The lowest BCUT2D eigenvalue weighted by Crippen LogP contribution is -2.41. The monoisotopic (exact) mass is 248 g/mol. The van der Waals surface area contributed by atoms with E-state index in [2.05, 4.69) is 43.4 Å². The van der Waals surface area contributed by atoms with Crippen molar-refractivity contribution >= 4 is 5.91 Å². The molecule has 1 aromatic rings. The summed E-state index contributed by atoms with van der Waals surface area (Å²) >= 11 is 0. The van der Waals surface area contributed by atoms with Crippen LogP contribution in [-0.4, -0.2) is 18.5 Å². The van der Waals surface area contributed by atoms with Crippen LogP contribution in [0.5, 0.6) is 0 Å². The number of carbonyl (C=O) groups excluding carboxylic acids is 1. The van der Waals surface area contributed by atoms with Gasteiger partial charge in [-0.15, -0.1) is 0 Å². The number of benzene rings is 1. The molecule has 0 saturated heterocycles. The molecule has 1 aromatic carbocycles. The molecular formula is C15H24N2O. The van der Waals surface area contributed by atoms with E-state index < -0.39 is 0 Å². The lowest BCUT2D eigenvalue weighted by Gasteiger charge is -2.16. The second kappa shape index (κ2) is 7.17. The van der Waals surface area contributed by atoms with Gasteiger partial charge in [-0.3, -0.25) is 4.79 Å². The van der Waals surface area contributed by atoms with Crippen LogP contribution in [0.2, 0.25) is 0 Å². The summed E-state index contributed by atoms with van der Waals surface area (Å²) in [6.07, 6.45) is 1.67. The van der Waals surface area contributed by atoms with Crippen LogP contribution in [0.4, 0.5) is 0 Å². The van der Waals surface area contributed by atoms with Gasteiger partial charge in [-0.2, -0.15) is 0 Å². The van der Waals surface area contributed by atoms with Crippen LogP contribution in [0.1, 0.15) is 43.7 Å². The highest BCUT2D eigenvalue weighted by molar-refractivity contribution is 5.81. The van der Waals surface area contributed by atoms with Crippen molar-refractivity contribution in [1.82, 2.24) is 5.32 Å². The van der Waals surface area contributed by atoms with Crippen molar-refractivity contribution in [1.29, 1.82) is 0 Å². The van der Waals surface area contributed by atoms with Gasteiger partial charge in [-0.25, -0.2) is 0 Å². The summed E-state index contributed by atoms with van der Waals surface area (Å²) in [6.45, 7) is 6.84. The second-order valence-electron chi connectivity index (χ2n) is 4.95. The molecule has 0 radical (unpaired) electrons. The molecular weight excluding hydrogens is 224 g/mol. The minimum atomic E-state index is -0.375. The van der Waals surface area contributed by atoms with Gasteiger partial charge in [-0.1, -0.05) is 50.1 Å². The van der Waals surface area contributed by atoms with Crippen LogP contribution < -0.4 is 11.1 Å². The van der Waals surface area contributed by atoms with Gasteiger partial charge in [0.05, 0.1) is 6.04 Å². The van der Waals surface area contributed by atoms with Gasteiger partial charge in [-0.05, 0) is 24.8 Å². The molecule has 0 aliphatic heterocycles. The lowest BCUT2D eigenvalue weighted by atomic mass is 10.00. The highest BCUT2D eigenvalue weighted by atomic mass is 16.2. The van der Waals surface area contributed by atoms with E-state index in [1.165, 1.54) is 11.1 Å². The Morgan fingerprint density at radius 1 is 1.33 bits per heavy atom. The first kappa shape index (κ1) is 14.7. The van der Waals surface area contributed by atoms with Gasteiger partial charge < -0.3 is 11.1 Å². The number of rotatable bonds is 6. The fourth-order valence-electron chi connectivity index (χ4n) is 1.84. The van der Waals surface area contributed by atoms with Gasteiger partial charge in [0, 0.05) is 6.54 Å². The molecule has 0 aliphatic rings. The van der Waals surface area contributed by atoms with Gasteiger partial charge in [0.15, 0.2) is 0 Å². The first-order valence-electron chi connectivity index (χ1n) is 6.64. The number of amides is 1. The fraction of sp³-hybridized carbons (Fsp3) is 0.533. The van der Waals surface area contributed by atoms with E-state index in [-0.39, 0.29) is 11.9 Å². The van der Waals surface area contributed by atoms with Crippen molar-refractivity contribution in [2.75, 3.05) is 6.54 Å². The summed E-state index contributed by atoms with van der Waals surface area (Å²) in [4.78, 5) is 11.7. The molecule has 2 unspecified atom stereocenters. The molecule has 3 heteroatoms. The minimum Gasteiger partial charge on any atom is -0.354 e. The summed E-state index contributed by atoms with van der Waals surface area (Å²) in [5.41, 5.74) is 8.25. The molecule has 3 N–H and O–H groups in total. The standard InChI is InChI=1S/C15H24N2O/c1-4-5-14(16)15(18)17-10-12(3)13-8-6-11(2)7-9-13/h6-9,12,14H,4-5,10,16H2,1-3H3,(H,17,18). The molecule has 0 aromatic heterocycles. The zero-order valence-corrected chi connectivity index (χ0v) is 11.6. The van der Waals surface area contributed by atoms with Crippen LogP contribution in [-0.2, 0) is 4.79 Å². The third-order valence-electron chi connectivity index (χ3n) is 3.17. The van der Waals surface area contributed by atoms with E-state index in [4.69, 9.17) is 5.73 Å². The predicted octanol–water partition coefficient (Wildman–Crippen LogP) is 2.34. The second-order valence-corrected chi connectivity index (χ2v) is 4.95. The zero-order chi connectivity index (χ0) is 13.5. The van der Waals surface area contributed by atoms with Crippen molar-refractivity contribution in [2.24, 2.45) is 5.73 Å². The quantitative estimate of drug-likeness (QED) is 0.812. The Labute approximate surface area is 110 Å². The third kappa shape index (κ3) is 4.49. The first-order valence-corrected chi connectivity index (χ1v) is 6.64. The van der Waals surface area contributed by atoms with E-state index in [9.17, 15) is 4.79 Å². The molecule has 0 saturated carbocycles. The smallest absolute Gasteiger partial charge is 0.236 e. The van der Waals surface area contributed by atoms with Gasteiger partial charge in [0.25, 0.3) is 0 Å². The molecule has 3 nitrogen and oxygen atoms in total. The molecule has 0 fully saturated rings. The van der Waals surface area contributed by atoms with Gasteiger partial charge >= 0.3 is 0 Å². The maximum atomic E-state index is 11.7. The Morgan fingerprint density at radius 2 is 1.94 bits per heavy atom. The van der Waals surface area contributed by atoms with E-state index in [1.54, 1.807) is 0 Å². The molecule has 2 atom stereocenters. The Kier molecular flexibility index (Phi) is 5.86. The van der Waals surface area contributed by atoms with Crippen LogP contribution in [0.3, 0.4) is 0 Å². The first-order chi connectivity index (χ1) is 8.54. The Bertz CT molecular complexity index is 373. The third-order valence-corrected chi connectivity index (χ3v) is 3.17. The summed E-state index contributed by atoms with van der Waals surface area (Å²) in [6, 6.07) is 8.03. The topological polar surface area (TPSA) is 55.1 Å². The van der Waals surface area contributed by atoms with E-state index in [1.807, 2.05) is 6.92 Å². The van der Waals surface area contributed by atoms with E-state index in [0.29, 0.717) is 12.5 Å². The minimum absolute atomic E-state index is 0.0455. The van der Waals surface area contributed by atoms with E-state index >= 15 is 0 Å². The molecule has 0 spiro atoms. The van der Waals surface area contributed by atoms with E-state index in [0.717, 1.165) is 12.8 Å². The highest BCUT2D eigenvalue weighted by Crippen LogP contribution is 2.14. The number of carbonyl (C=O) groups is 1. The number of aryl methyl sites for hydroxylation is 1. The van der Waals surface area contributed by atoms with Crippen molar-refractivity contribution in [3.63, 3.8) is 0 Å². The molecule has 0 aliphatic carbocycles. The molecule has 1 amide bonds. The van der Waals surface area contributed by atoms with Crippen molar-refractivity contribution < 1.29 is 4.79 Å². The van der Waals surface area contributed by atoms with Crippen LogP contribution >= 0.6 is 0 Å². The summed E-state index contributed by atoms with van der Waals surface area (Å²) < 4.78 is 0. The van der Waals surface area contributed by atoms with Crippen molar-refractivity contribution in [3.8, 4) is 0 Å². The van der Waals surface area contributed by atoms with Crippen molar-refractivity contribution in [2.45, 2.75) is 45.6 Å². The van der Waals surface area contributed by atoms with Crippen molar-refractivity contribution in [3.05, 3.63) is 35.4 Å². The predicted molar refractivity (Wildman–Crippen MR) is 75.5 cm³/mol. The molecule has 0 bridgehead atoms. The van der Waals surface area contributed by atoms with Gasteiger partial charge in [0.2, 0.25) is 5.91 Å². The largest absolute Gasteiger partial charge is 0.354 e. The van der Waals surface area contributed by atoms with Crippen LogP contribution in [0.25, 0.3) is 0 Å². The number of hydrogen-bond donors (Lipinski definition) is 2. The Balaban J connectivity index is 2.43. The lowest BCUT2D eigenvalue weighted by molar-refractivity contribution is -0.122. The summed E-state index contributed by atoms with van der Waals surface area (Å²) in [7, 11) is 0. The van der Waals surface area contributed by atoms with Crippen LogP contribution in [0.15, 0.2) is 24.3 Å².